The number of halogens is 3. The zero-order valence-electron chi connectivity index (χ0n) is 10.3. The van der Waals surface area contributed by atoms with Gasteiger partial charge in [-0.3, -0.25) is 4.79 Å². The highest BCUT2D eigenvalue weighted by molar-refractivity contribution is 5.93. The monoisotopic (exact) mass is 280 g/mol. The summed E-state index contributed by atoms with van der Waals surface area (Å²) in [5, 5.41) is 4.90. The van der Waals surface area contributed by atoms with Crippen LogP contribution in [0.5, 0.6) is 0 Å². The van der Waals surface area contributed by atoms with Gasteiger partial charge in [0.15, 0.2) is 11.6 Å². The van der Waals surface area contributed by atoms with Crippen LogP contribution < -0.4 is 10.6 Å². The molecule has 2 aromatic rings. The van der Waals surface area contributed by atoms with Gasteiger partial charge in [-0.2, -0.15) is 0 Å². The van der Waals surface area contributed by atoms with E-state index in [2.05, 4.69) is 10.6 Å². The predicted octanol–water partition coefficient (Wildman–Crippen LogP) is 3.15. The number of hydrogen-bond acceptors (Lipinski definition) is 2. The molecule has 104 valence electrons. The lowest BCUT2D eigenvalue weighted by molar-refractivity contribution is -0.114. The van der Waals surface area contributed by atoms with Gasteiger partial charge in [-0.1, -0.05) is 12.1 Å². The number of rotatable bonds is 4. The number of carbonyl (C=O) groups is 1. The molecule has 1 amide bonds. The quantitative estimate of drug-likeness (QED) is 0.903. The van der Waals surface area contributed by atoms with Gasteiger partial charge in [0.25, 0.3) is 0 Å². The van der Waals surface area contributed by atoms with Crippen molar-refractivity contribution in [3.05, 3.63) is 59.9 Å². The summed E-state index contributed by atoms with van der Waals surface area (Å²) in [4.78, 5) is 11.6. The fourth-order valence-electron chi connectivity index (χ4n) is 1.59. The van der Waals surface area contributed by atoms with Crippen LogP contribution >= 0.6 is 0 Å². The second-order valence-electron chi connectivity index (χ2n) is 4.01. The Morgan fingerprint density at radius 1 is 1.05 bits per heavy atom. The molecule has 3 nitrogen and oxygen atoms in total. The first-order chi connectivity index (χ1) is 9.56. The molecule has 0 bridgehead atoms. The zero-order chi connectivity index (χ0) is 14.5. The van der Waals surface area contributed by atoms with E-state index in [1.807, 2.05) is 0 Å². The van der Waals surface area contributed by atoms with Gasteiger partial charge < -0.3 is 10.6 Å². The summed E-state index contributed by atoms with van der Waals surface area (Å²) in [6.45, 7) is -0.267. The maximum Gasteiger partial charge on any atom is 0.243 e. The van der Waals surface area contributed by atoms with Gasteiger partial charge >= 0.3 is 0 Å². The van der Waals surface area contributed by atoms with Gasteiger partial charge in [0.05, 0.1) is 12.2 Å². The van der Waals surface area contributed by atoms with E-state index in [4.69, 9.17) is 0 Å². The average molecular weight is 280 g/mol. The van der Waals surface area contributed by atoms with E-state index in [1.165, 1.54) is 30.3 Å². The van der Waals surface area contributed by atoms with Crippen molar-refractivity contribution in [2.75, 3.05) is 17.2 Å². The third-order valence-corrected chi connectivity index (χ3v) is 2.50. The minimum absolute atomic E-state index is 0.112. The lowest BCUT2D eigenvalue weighted by Gasteiger charge is -2.08. The van der Waals surface area contributed by atoms with E-state index < -0.39 is 23.4 Å². The number of hydrogen-bond donors (Lipinski definition) is 2. The van der Waals surface area contributed by atoms with Crippen LogP contribution in [0.3, 0.4) is 0 Å². The van der Waals surface area contributed by atoms with Crippen molar-refractivity contribution >= 4 is 17.3 Å². The lowest BCUT2D eigenvalue weighted by Crippen LogP contribution is -2.22. The van der Waals surface area contributed by atoms with Gasteiger partial charge in [-0.05, 0) is 30.3 Å². The van der Waals surface area contributed by atoms with Crippen molar-refractivity contribution in [2.45, 2.75) is 0 Å². The van der Waals surface area contributed by atoms with Crippen molar-refractivity contribution in [1.82, 2.24) is 0 Å². The Balaban J connectivity index is 1.94. The summed E-state index contributed by atoms with van der Waals surface area (Å²) >= 11 is 0. The molecule has 0 aliphatic rings. The van der Waals surface area contributed by atoms with Crippen LogP contribution in [0.15, 0.2) is 42.5 Å². The minimum atomic E-state index is -1.05. The number of benzene rings is 2. The van der Waals surface area contributed by atoms with Gasteiger partial charge in [0.1, 0.15) is 5.82 Å². The zero-order valence-corrected chi connectivity index (χ0v) is 10.3. The molecule has 20 heavy (non-hydrogen) atoms. The van der Waals surface area contributed by atoms with Gasteiger partial charge in [0, 0.05) is 5.69 Å². The maximum absolute atomic E-state index is 13.3. The van der Waals surface area contributed by atoms with Crippen LogP contribution in [0.1, 0.15) is 0 Å². The van der Waals surface area contributed by atoms with Crippen LogP contribution in [0.2, 0.25) is 0 Å². The number of amides is 1. The molecule has 0 atom stereocenters. The van der Waals surface area contributed by atoms with Crippen molar-refractivity contribution in [3.63, 3.8) is 0 Å². The van der Waals surface area contributed by atoms with E-state index >= 15 is 0 Å². The molecule has 6 heteroatoms. The molecule has 0 unspecified atom stereocenters. The Morgan fingerprint density at radius 2 is 1.80 bits per heavy atom. The highest BCUT2D eigenvalue weighted by Crippen LogP contribution is 2.16. The molecule has 0 spiro atoms. The van der Waals surface area contributed by atoms with E-state index in [1.54, 1.807) is 0 Å². The normalized spacial score (nSPS) is 10.2. The van der Waals surface area contributed by atoms with E-state index in [0.29, 0.717) is 0 Å². The van der Waals surface area contributed by atoms with Crippen LogP contribution in [0, 0.1) is 17.5 Å². The standard InChI is InChI=1S/C14H11F3N2O/c15-9-3-1-4-10(7-9)19-13(20)8-18-12-6-2-5-11(16)14(12)17/h1-7,18H,8H2,(H,19,20). The predicted molar refractivity (Wildman–Crippen MR) is 69.9 cm³/mol. The first-order valence-corrected chi connectivity index (χ1v) is 5.79. The van der Waals surface area contributed by atoms with Crippen molar-refractivity contribution in [2.24, 2.45) is 0 Å². The SMILES string of the molecule is O=C(CNc1cccc(F)c1F)Nc1cccc(F)c1. The molecule has 0 radical (unpaired) electrons. The number of nitrogens with one attached hydrogen (secondary N) is 2. The molecule has 2 aromatic carbocycles. The second-order valence-corrected chi connectivity index (χ2v) is 4.01. The molecular formula is C14H11F3N2O. The van der Waals surface area contributed by atoms with Crippen LogP contribution in [0.25, 0.3) is 0 Å². The number of anilines is 2. The highest BCUT2D eigenvalue weighted by Gasteiger charge is 2.09. The average Bonchev–Trinajstić information content (AvgIpc) is 2.40. The molecule has 2 rings (SSSR count). The van der Waals surface area contributed by atoms with Crippen molar-refractivity contribution in [3.8, 4) is 0 Å². The first-order valence-electron chi connectivity index (χ1n) is 5.79. The molecule has 0 saturated heterocycles. The highest BCUT2D eigenvalue weighted by atomic mass is 19.2. The summed E-state index contributed by atoms with van der Waals surface area (Å²) in [6.07, 6.45) is 0. The summed E-state index contributed by atoms with van der Waals surface area (Å²) in [5.74, 6) is -3.03. The first kappa shape index (κ1) is 13.9. The molecular weight excluding hydrogens is 269 g/mol. The van der Waals surface area contributed by atoms with Crippen LogP contribution in [-0.2, 0) is 4.79 Å². The van der Waals surface area contributed by atoms with Gasteiger partial charge in [-0.15, -0.1) is 0 Å². The minimum Gasteiger partial charge on any atom is -0.374 e. The van der Waals surface area contributed by atoms with E-state index in [-0.39, 0.29) is 17.9 Å². The topological polar surface area (TPSA) is 41.1 Å². The summed E-state index contributed by atoms with van der Waals surface area (Å²) in [6, 6.07) is 8.98. The Morgan fingerprint density at radius 3 is 2.55 bits per heavy atom. The van der Waals surface area contributed by atoms with Crippen molar-refractivity contribution in [1.29, 1.82) is 0 Å². The summed E-state index contributed by atoms with van der Waals surface area (Å²) in [7, 11) is 0. The Labute approximate surface area is 113 Å². The van der Waals surface area contributed by atoms with E-state index in [9.17, 15) is 18.0 Å². The molecule has 0 fully saturated rings. The smallest absolute Gasteiger partial charge is 0.243 e. The Kier molecular flexibility index (Phi) is 4.24. The Bertz CT molecular complexity index is 632. The fraction of sp³-hybridized carbons (Fsp3) is 0.0714. The second kappa shape index (κ2) is 6.10. The van der Waals surface area contributed by atoms with Crippen LogP contribution in [-0.4, -0.2) is 12.5 Å². The molecule has 0 aromatic heterocycles. The molecule has 0 heterocycles. The van der Waals surface area contributed by atoms with E-state index in [0.717, 1.165) is 12.1 Å². The van der Waals surface area contributed by atoms with Gasteiger partial charge in [-0.25, -0.2) is 13.2 Å². The molecule has 0 saturated carbocycles. The third kappa shape index (κ3) is 3.50. The largest absolute Gasteiger partial charge is 0.374 e. The van der Waals surface area contributed by atoms with Crippen molar-refractivity contribution < 1.29 is 18.0 Å². The summed E-state index contributed by atoms with van der Waals surface area (Å²) in [5.41, 5.74) is 0.177. The fourth-order valence-corrected chi connectivity index (χ4v) is 1.59. The third-order valence-electron chi connectivity index (χ3n) is 2.50. The maximum atomic E-state index is 13.3. The molecule has 0 aliphatic heterocycles. The number of carbonyl (C=O) groups excluding carboxylic acids is 1. The van der Waals surface area contributed by atoms with Crippen LogP contribution in [0.4, 0.5) is 24.5 Å². The lowest BCUT2D eigenvalue weighted by atomic mass is 10.3. The molecule has 2 N–H and O–H groups in total. The van der Waals surface area contributed by atoms with Gasteiger partial charge in [0.2, 0.25) is 5.91 Å². The Hall–Kier alpha value is -2.50. The summed E-state index contributed by atoms with van der Waals surface area (Å²) < 4.78 is 39.2. The molecule has 0 aliphatic carbocycles.